The van der Waals surface area contributed by atoms with E-state index >= 15 is 0 Å². The fourth-order valence-electron chi connectivity index (χ4n) is 1.97. The highest BCUT2D eigenvalue weighted by Gasteiger charge is 2.31. The van der Waals surface area contributed by atoms with E-state index in [9.17, 15) is 4.39 Å². The van der Waals surface area contributed by atoms with Gasteiger partial charge in [0.25, 0.3) is 0 Å². The minimum Gasteiger partial charge on any atom is -0.310 e. The van der Waals surface area contributed by atoms with Gasteiger partial charge in [0.05, 0.1) is 6.67 Å². The maximum atomic E-state index is 12.0. The molecule has 1 unspecified atom stereocenters. The quantitative estimate of drug-likeness (QED) is 0.707. The fourth-order valence-corrected chi connectivity index (χ4v) is 1.97. The van der Waals surface area contributed by atoms with Crippen LogP contribution in [0.3, 0.4) is 0 Å². The van der Waals surface area contributed by atoms with Gasteiger partial charge in [-0.05, 0) is 37.3 Å². The van der Waals surface area contributed by atoms with Crippen molar-refractivity contribution in [2.75, 3.05) is 13.2 Å². The van der Waals surface area contributed by atoms with E-state index in [0.717, 1.165) is 12.5 Å². The Bertz CT molecular complexity index is 282. The van der Waals surface area contributed by atoms with Crippen LogP contribution < -0.4 is 5.32 Å². The van der Waals surface area contributed by atoms with E-state index in [4.69, 9.17) is 0 Å². The van der Waals surface area contributed by atoms with Gasteiger partial charge in [-0.3, -0.25) is 4.39 Å². The Labute approximate surface area is 90.7 Å². The highest BCUT2D eigenvalue weighted by molar-refractivity contribution is 5.21. The first-order valence-electron chi connectivity index (χ1n) is 5.76. The van der Waals surface area contributed by atoms with Crippen molar-refractivity contribution in [2.45, 2.75) is 25.3 Å². The Kier molecular flexibility index (Phi) is 3.73. The van der Waals surface area contributed by atoms with Crippen LogP contribution in [0.4, 0.5) is 4.39 Å². The summed E-state index contributed by atoms with van der Waals surface area (Å²) in [5.41, 5.74) is 1.35. The number of hydrogen-bond donors (Lipinski definition) is 1. The van der Waals surface area contributed by atoms with Gasteiger partial charge in [-0.2, -0.15) is 0 Å². The van der Waals surface area contributed by atoms with Crippen molar-refractivity contribution in [2.24, 2.45) is 5.92 Å². The molecular weight excluding hydrogens is 189 g/mol. The lowest BCUT2D eigenvalue weighted by molar-refractivity contribution is 0.422. The molecule has 1 aliphatic rings. The summed E-state index contributed by atoms with van der Waals surface area (Å²) in [6.07, 6.45) is 3.24. The first kappa shape index (κ1) is 10.6. The van der Waals surface area contributed by atoms with Crippen LogP contribution in [-0.4, -0.2) is 13.2 Å². The predicted molar refractivity (Wildman–Crippen MR) is 60.5 cm³/mol. The lowest BCUT2D eigenvalue weighted by Crippen LogP contribution is -2.24. The van der Waals surface area contributed by atoms with Gasteiger partial charge in [0.1, 0.15) is 0 Å². The van der Waals surface area contributed by atoms with Gasteiger partial charge >= 0.3 is 0 Å². The molecule has 1 fully saturated rings. The molecule has 2 rings (SSSR count). The van der Waals surface area contributed by atoms with E-state index < -0.39 is 0 Å². The molecular formula is C13H18FN. The monoisotopic (exact) mass is 207 g/mol. The molecule has 1 N–H and O–H groups in total. The largest absolute Gasteiger partial charge is 0.310 e. The molecule has 1 nitrogen and oxygen atoms in total. The number of halogens is 1. The van der Waals surface area contributed by atoms with E-state index in [-0.39, 0.29) is 6.67 Å². The summed E-state index contributed by atoms with van der Waals surface area (Å²) >= 11 is 0. The van der Waals surface area contributed by atoms with Gasteiger partial charge in [-0.25, -0.2) is 0 Å². The molecule has 0 amide bonds. The molecule has 0 spiro atoms. The highest BCUT2D eigenvalue weighted by Crippen LogP contribution is 2.40. The number of alkyl halides is 1. The van der Waals surface area contributed by atoms with Gasteiger partial charge < -0.3 is 5.32 Å². The smallest absolute Gasteiger partial charge is 0.0906 e. The van der Waals surface area contributed by atoms with Crippen LogP contribution >= 0.6 is 0 Å². The number of hydrogen-bond acceptors (Lipinski definition) is 1. The summed E-state index contributed by atoms with van der Waals surface area (Å²) in [7, 11) is 0. The summed E-state index contributed by atoms with van der Waals surface area (Å²) in [4.78, 5) is 0. The third-order valence-corrected chi connectivity index (χ3v) is 2.93. The molecule has 1 atom stereocenters. The Balaban J connectivity index is 1.94. The van der Waals surface area contributed by atoms with E-state index in [0.29, 0.717) is 12.5 Å². The summed E-state index contributed by atoms with van der Waals surface area (Å²) in [6.45, 7) is 0.561. The second kappa shape index (κ2) is 5.26. The molecule has 1 saturated carbocycles. The first-order chi connectivity index (χ1) is 7.42. The average Bonchev–Trinajstić information content (AvgIpc) is 3.10. The molecule has 0 aliphatic heterocycles. The van der Waals surface area contributed by atoms with Gasteiger partial charge in [0.15, 0.2) is 0 Å². The summed E-state index contributed by atoms with van der Waals surface area (Å²) < 4.78 is 12.0. The molecule has 0 bridgehead atoms. The number of benzene rings is 1. The van der Waals surface area contributed by atoms with E-state index in [1.54, 1.807) is 0 Å². The molecule has 15 heavy (non-hydrogen) atoms. The summed E-state index contributed by atoms with van der Waals surface area (Å²) in [5.74, 6) is 0.770. The molecule has 1 aromatic rings. The second-order valence-electron chi connectivity index (χ2n) is 4.22. The molecule has 2 heteroatoms. The van der Waals surface area contributed by atoms with Crippen molar-refractivity contribution in [3.8, 4) is 0 Å². The van der Waals surface area contributed by atoms with E-state index in [2.05, 4.69) is 29.6 Å². The van der Waals surface area contributed by atoms with Crippen molar-refractivity contribution in [1.29, 1.82) is 0 Å². The van der Waals surface area contributed by atoms with Crippen LogP contribution in [-0.2, 0) is 0 Å². The van der Waals surface area contributed by atoms with Gasteiger partial charge in [-0.15, -0.1) is 0 Å². The van der Waals surface area contributed by atoms with Crippen LogP contribution in [0, 0.1) is 5.92 Å². The maximum absolute atomic E-state index is 12.0. The fraction of sp³-hybridized carbons (Fsp3) is 0.538. The SMILES string of the molecule is FCCCNC(c1ccccc1)C1CC1. The standard InChI is InChI=1S/C13H18FN/c14-9-4-10-15-13(12-7-8-12)11-5-2-1-3-6-11/h1-3,5-6,12-13,15H,4,7-10H2. The zero-order valence-electron chi connectivity index (χ0n) is 8.95. The third kappa shape index (κ3) is 3.03. The Hall–Kier alpha value is -0.890. The highest BCUT2D eigenvalue weighted by atomic mass is 19.1. The molecule has 0 heterocycles. The van der Waals surface area contributed by atoms with E-state index in [1.807, 2.05) is 6.07 Å². The van der Waals surface area contributed by atoms with Gasteiger partial charge in [-0.1, -0.05) is 30.3 Å². The van der Waals surface area contributed by atoms with Crippen LogP contribution in [0.2, 0.25) is 0 Å². The van der Waals surface area contributed by atoms with Crippen LogP contribution in [0.1, 0.15) is 30.9 Å². The third-order valence-electron chi connectivity index (χ3n) is 2.93. The van der Waals surface area contributed by atoms with Crippen molar-refractivity contribution in [3.63, 3.8) is 0 Å². The normalized spacial score (nSPS) is 17.7. The minimum absolute atomic E-state index is 0.223. The predicted octanol–water partition coefficient (Wildman–Crippen LogP) is 3.09. The Morgan fingerprint density at radius 2 is 2.00 bits per heavy atom. The van der Waals surface area contributed by atoms with Crippen molar-refractivity contribution in [3.05, 3.63) is 35.9 Å². The molecule has 1 aliphatic carbocycles. The lowest BCUT2D eigenvalue weighted by Gasteiger charge is -2.18. The summed E-state index contributed by atoms with van der Waals surface area (Å²) in [6, 6.07) is 10.9. The van der Waals surface area contributed by atoms with Gasteiger partial charge in [0.2, 0.25) is 0 Å². The van der Waals surface area contributed by atoms with Crippen LogP contribution in [0.5, 0.6) is 0 Å². The second-order valence-corrected chi connectivity index (χ2v) is 4.22. The molecule has 82 valence electrons. The van der Waals surface area contributed by atoms with Crippen LogP contribution in [0.25, 0.3) is 0 Å². The van der Waals surface area contributed by atoms with E-state index in [1.165, 1.54) is 18.4 Å². The summed E-state index contributed by atoms with van der Waals surface area (Å²) in [5, 5.41) is 3.46. The molecule has 0 radical (unpaired) electrons. The average molecular weight is 207 g/mol. The van der Waals surface area contributed by atoms with Crippen molar-refractivity contribution >= 4 is 0 Å². The minimum atomic E-state index is -0.223. The number of rotatable bonds is 6. The maximum Gasteiger partial charge on any atom is 0.0906 e. The Morgan fingerprint density at radius 3 is 2.60 bits per heavy atom. The lowest BCUT2D eigenvalue weighted by atomic mass is 10.0. The topological polar surface area (TPSA) is 12.0 Å². The van der Waals surface area contributed by atoms with Crippen molar-refractivity contribution < 1.29 is 4.39 Å². The van der Waals surface area contributed by atoms with Crippen LogP contribution in [0.15, 0.2) is 30.3 Å². The molecule has 0 saturated heterocycles. The molecule has 1 aromatic carbocycles. The van der Waals surface area contributed by atoms with Gasteiger partial charge in [0, 0.05) is 6.04 Å². The number of nitrogens with one attached hydrogen (secondary N) is 1. The zero-order chi connectivity index (χ0) is 10.5. The first-order valence-corrected chi connectivity index (χ1v) is 5.76. The Morgan fingerprint density at radius 1 is 1.27 bits per heavy atom. The van der Waals surface area contributed by atoms with Crippen molar-refractivity contribution in [1.82, 2.24) is 5.32 Å². The zero-order valence-corrected chi connectivity index (χ0v) is 8.95. The molecule has 0 aromatic heterocycles.